The third-order valence-electron chi connectivity index (χ3n) is 4.00. The summed E-state index contributed by atoms with van der Waals surface area (Å²) in [5, 5.41) is 3.71. The Morgan fingerprint density at radius 1 is 1.14 bits per heavy atom. The summed E-state index contributed by atoms with van der Waals surface area (Å²) >= 11 is 1.44. The highest BCUT2D eigenvalue weighted by molar-refractivity contribution is 8.13. The van der Waals surface area contributed by atoms with E-state index in [2.05, 4.69) is 52.8 Å². The maximum atomic E-state index is 11.8. The quantitative estimate of drug-likeness (QED) is 0.700. The van der Waals surface area contributed by atoms with Crippen molar-refractivity contribution in [2.75, 3.05) is 6.26 Å². The molecule has 0 spiro atoms. The Bertz CT molecular complexity index is 852. The minimum absolute atomic E-state index is 0.201. The lowest BCUT2D eigenvalue weighted by Gasteiger charge is -2.03. The third kappa shape index (κ3) is 2.16. The smallest absolute Gasteiger partial charge is 0.295 e. The lowest BCUT2D eigenvalue weighted by Crippen LogP contribution is -2.14. The van der Waals surface area contributed by atoms with E-state index >= 15 is 0 Å². The molecule has 3 nitrogen and oxygen atoms in total. The Labute approximate surface area is 133 Å². The van der Waals surface area contributed by atoms with Gasteiger partial charge in [-0.2, -0.15) is 4.99 Å². The minimum Gasteiger partial charge on any atom is -0.330 e. The van der Waals surface area contributed by atoms with Gasteiger partial charge in [-0.25, -0.2) is 0 Å². The van der Waals surface area contributed by atoms with E-state index in [9.17, 15) is 4.79 Å². The van der Waals surface area contributed by atoms with Crippen molar-refractivity contribution in [2.45, 2.75) is 6.42 Å². The van der Waals surface area contributed by atoms with Crippen molar-refractivity contribution in [2.24, 2.45) is 4.99 Å². The fraction of sp³-hybridized carbons (Fsp3) is 0.111. The van der Waals surface area contributed by atoms with Crippen molar-refractivity contribution >= 4 is 28.9 Å². The maximum absolute atomic E-state index is 11.8. The topological polar surface area (TPSA) is 41.5 Å². The summed E-state index contributed by atoms with van der Waals surface area (Å²) in [4.78, 5) is 15.8. The largest absolute Gasteiger partial charge is 0.330 e. The molecule has 2 aliphatic rings. The maximum Gasteiger partial charge on any atom is 0.295 e. The summed E-state index contributed by atoms with van der Waals surface area (Å²) in [5.41, 5.74) is 6.86. The molecule has 0 saturated carbocycles. The van der Waals surface area contributed by atoms with Gasteiger partial charge in [-0.05, 0) is 46.6 Å². The molecule has 1 heterocycles. The Hall–Kier alpha value is -2.33. The normalized spacial score (nSPS) is 17.2. The van der Waals surface area contributed by atoms with Gasteiger partial charge in [-0.1, -0.05) is 54.2 Å². The van der Waals surface area contributed by atoms with E-state index < -0.39 is 0 Å². The van der Waals surface area contributed by atoms with Crippen molar-refractivity contribution in [1.29, 1.82) is 0 Å². The predicted molar refractivity (Wildman–Crippen MR) is 91.8 cm³/mol. The van der Waals surface area contributed by atoms with Crippen molar-refractivity contribution in [3.05, 3.63) is 64.9 Å². The number of nitrogens with one attached hydrogen (secondary N) is 1. The van der Waals surface area contributed by atoms with Crippen molar-refractivity contribution in [3.8, 4) is 11.1 Å². The van der Waals surface area contributed by atoms with Crippen LogP contribution in [0.2, 0.25) is 0 Å². The summed E-state index contributed by atoms with van der Waals surface area (Å²) in [6, 6.07) is 14.9. The van der Waals surface area contributed by atoms with Gasteiger partial charge in [0.25, 0.3) is 5.91 Å². The molecule has 2 aromatic rings. The number of thioether (sulfide) groups is 1. The number of hydrogen-bond donors (Lipinski definition) is 1. The zero-order valence-corrected chi connectivity index (χ0v) is 12.9. The molecule has 1 aliphatic carbocycles. The number of carbonyl (C=O) groups is 1. The first kappa shape index (κ1) is 13.3. The first-order valence-electron chi connectivity index (χ1n) is 7.11. The zero-order valence-electron chi connectivity index (χ0n) is 12.1. The molecule has 0 aromatic heterocycles. The van der Waals surface area contributed by atoms with E-state index in [4.69, 9.17) is 0 Å². The van der Waals surface area contributed by atoms with Gasteiger partial charge >= 0.3 is 0 Å². The highest BCUT2D eigenvalue weighted by Crippen LogP contribution is 2.37. The van der Waals surface area contributed by atoms with Gasteiger partial charge in [0.15, 0.2) is 5.17 Å². The SMILES string of the molecule is CSC1=NC(=O)C(=Cc2ccc3c(c2)Cc2ccccc2-3)N1. The molecule has 4 heteroatoms. The van der Waals surface area contributed by atoms with Crippen LogP contribution in [0.25, 0.3) is 17.2 Å². The molecule has 4 rings (SSSR count). The molecule has 1 amide bonds. The van der Waals surface area contributed by atoms with E-state index in [1.807, 2.05) is 12.3 Å². The molecule has 108 valence electrons. The zero-order chi connectivity index (χ0) is 15.1. The van der Waals surface area contributed by atoms with Gasteiger partial charge in [-0.3, -0.25) is 4.79 Å². The molecule has 0 fully saturated rings. The van der Waals surface area contributed by atoms with E-state index in [1.54, 1.807) is 0 Å². The lowest BCUT2D eigenvalue weighted by molar-refractivity contribution is -0.114. The summed E-state index contributed by atoms with van der Waals surface area (Å²) in [5.74, 6) is -0.201. The fourth-order valence-electron chi connectivity index (χ4n) is 2.97. The Kier molecular flexibility index (Phi) is 3.12. The first-order valence-corrected chi connectivity index (χ1v) is 8.34. The molecule has 0 unspecified atom stereocenters. The standard InChI is InChI=1S/C18H14N2OS/c1-22-18-19-16(17(21)20-18)9-11-6-7-15-13(8-11)10-12-4-2-3-5-14(12)15/h2-9H,10H2,1H3,(H,19,20,21). The number of amides is 1. The van der Waals surface area contributed by atoms with Crippen LogP contribution in [-0.4, -0.2) is 17.3 Å². The number of rotatable bonds is 1. The molecule has 0 saturated heterocycles. The Morgan fingerprint density at radius 3 is 2.77 bits per heavy atom. The summed E-state index contributed by atoms with van der Waals surface area (Å²) in [6.45, 7) is 0. The predicted octanol–water partition coefficient (Wildman–Crippen LogP) is 3.45. The molecule has 1 N–H and O–H groups in total. The van der Waals surface area contributed by atoms with Crippen molar-refractivity contribution in [1.82, 2.24) is 5.32 Å². The summed E-state index contributed by atoms with van der Waals surface area (Å²) < 4.78 is 0. The van der Waals surface area contributed by atoms with Crippen LogP contribution in [0, 0.1) is 0 Å². The number of aliphatic imine (C=N–C) groups is 1. The molecular weight excluding hydrogens is 292 g/mol. The molecule has 0 bridgehead atoms. The fourth-order valence-corrected chi connectivity index (χ4v) is 3.35. The molecule has 1 aliphatic heterocycles. The highest BCUT2D eigenvalue weighted by Gasteiger charge is 2.20. The van der Waals surface area contributed by atoms with Gasteiger partial charge in [0.1, 0.15) is 5.70 Å². The number of nitrogens with zero attached hydrogens (tertiary/aromatic N) is 1. The van der Waals surface area contributed by atoms with Crippen LogP contribution < -0.4 is 5.32 Å². The molecule has 0 radical (unpaired) electrons. The van der Waals surface area contributed by atoms with Gasteiger partial charge in [-0.15, -0.1) is 0 Å². The number of benzene rings is 2. The van der Waals surface area contributed by atoms with Crippen LogP contribution in [-0.2, 0) is 11.2 Å². The number of carbonyl (C=O) groups excluding carboxylic acids is 1. The van der Waals surface area contributed by atoms with Gasteiger partial charge in [0, 0.05) is 0 Å². The van der Waals surface area contributed by atoms with Crippen molar-refractivity contribution in [3.63, 3.8) is 0 Å². The molecule has 0 atom stereocenters. The first-order chi connectivity index (χ1) is 10.7. The Balaban J connectivity index is 1.67. The second kappa shape index (κ2) is 5.14. The van der Waals surface area contributed by atoms with E-state index in [1.165, 1.54) is 34.0 Å². The second-order valence-electron chi connectivity index (χ2n) is 5.36. The van der Waals surface area contributed by atoms with Crippen LogP contribution in [0.5, 0.6) is 0 Å². The summed E-state index contributed by atoms with van der Waals surface area (Å²) in [7, 11) is 0. The average molecular weight is 306 g/mol. The number of amidine groups is 1. The number of fused-ring (bicyclic) bond motifs is 3. The molecular formula is C18H14N2OS. The van der Waals surface area contributed by atoms with Gasteiger partial charge in [0.2, 0.25) is 0 Å². The van der Waals surface area contributed by atoms with Crippen LogP contribution in [0.15, 0.2) is 53.2 Å². The Morgan fingerprint density at radius 2 is 1.95 bits per heavy atom. The van der Waals surface area contributed by atoms with Crippen LogP contribution in [0.1, 0.15) is 16.7 Å². The van der Waals surface area contributed by atoms with E-state index in [0.29, 0.717) is 10.9 Å². The molecule has 2 aromatic carbocycles. The van der Waals surface area contributed by atoms with E-state index in [0.717, 1.165) is 12.0 Å². The summed E-state index contributed by atoms with van der Waals surface area (Å²) in [6.07, 6.45) is 4.73. The monoisotopic (exact) mass is 306 g/mol. The molecule has 22 heavy (non-hydrogen) atoms. The third-order valence-corrected chi connectivity index (χ3v) is 4.58. The lowest BCUT2D eigenvalue weighted by atomic mass is 10.0. The van der Waals surface area contributed by atoms with Crippen LogP contribution in [0.4, 0.5) is 0 Å². The van der Waals surface area contributed by atoms with Crippen LogP contribution in [0.3, 0.4) is 0 Å². The number of hydrogen-bond acceptors (Lipinski definition) is 3. The van der Waals surface area contributed by atoms with E-state index in [-0.39, 0.29) is 5.91 Å². The van der Waals surface area contributed by atoms with Crippen molar-refractivity contribution < 1.29 is 4.79 Å². The van der Waals surface area contributed by atoms with Crippen LogP contribution >= 0.6 is 11.8 Å². The van der Waals surface area contributed by atoms with Gasteiger partial charge < -0.3 is 5.32 Å². The average Bonchev–Trinajstić information content (AvgIpc) is 3.07. The highest BCUT2D eigenvalue weighted by atomic mass is 32.2. The minimum atomic E-state index is -0.201. The second-order valence-corrected chi connectivity index (χ2v) is 6.15. The van der Waals surface area contributed by atoms with Gasteiger partial charge in [0.05, 0.1) is 0 Å².